The zero-order valence-corrected chi connectivity index (χ0v) is 27.8. The summed E-state index contributed by atoms with van der Waals surface area (Å²) in [6.45, 7) is 0. The smallest absolute Gasteiger partial charge is 0.160 e. The molecule has 0 amide bonds. The van der Waals surface area contributed by atoms with E-state index in [1.165, 1.54) is 11.1 Å². The second-order valence-corrected chi connectivity index (χ2v) is 13.3. The zero-order chi connectivity index (χ0) is 33.7. The van der Waals surface area contributed by atoms with Gasteiger partial charge in [-0.25, -0.2) is 9.97 Å². The van der Waals surface area contributed by atoms with Crippen LogP contribution in [0.4, 0.5) is 0 Å². The summed E-state index contributed by atoms with van der Waals surface area (Å²) < 4.78 is 6.97. The van der Waals surface area contributed by atoms with Gasteiger partial charge in [-0.1, -0.05) is 164 Å². The van der Waals surface area contributed by atoms with Gasteiger partial charge >= 0.3 is 0 Å². The molecule has 2 aliphatic carbocycles. The number of hydrogen-bond donors (Lipinski definition) is 0. The molecule has 0 saturated heterocycles. The Balaban J connectivity index is 1.17. The van der Waals surface area contributed by atoms with Gasteiger partial charge in [-0.3, -0.25) is 0 Å². The number of rotatable bonds is 5. The first kappa shape index (κ1) is 29.3. The van der Waals surface area contributed by atoms with Crippen LogP contribution in [0.2, 0.25) is 0 Å². The molecule has 240 valence electrons. The zero-order valence-electron chi connectivity index (χ0n) is 27.8. The molecule has 8 aromatic rings. The summed E-state index contributed by atoms with van der Waals surface area (Å²) in [5.74, 6) is 1.53. The van der Waals surface area contributed by atoms with E-state index >= 15 is 0 Å². The fourth-order valence-electron chi connectivity index (χ4n) is 7.62. The van der Waals surface area contributed by atoms with Crippen molar-refractivity contribution in [3.8, 4) is 45.0 Å². The van der Waals surface area contributed by atoms with Crippen molar-refractivity contribution < 1.29 is 4.42 Å². The van der Waals surface area contributed by atoms with Gasteiger partial charge in [-0.05, 0) is 40.3 Å². The molecule has 0 N–H and O–H groups in total. The molecule has 10 rings (SSSR count). The van der Waals surface area contributed by atoms with Gasteiger partial charge in [-0.2, -0.15) is 0 Å². The van der Waals surface area contributed by atoms with Crippen molar-refractivity contribution in [1.29, 1.82) is 0 Å². The van der Waals surface area contributed by atoms with Gasteiger partial charge in [0.2, 0.25) is 0 Å². The average Bonchev–Trinajstić information content (AvgIpc) is 3.61. The molecule has 3 nitrogen and oxygen atoms in total. The van der Waals surface area contributed by atoms with Crippen molar-refractivity contribution in [3.63, 3.8) is 0 Å². The fourth-order valence-corrected chi connectivity index (χ4v) is 7.62. The van der Waals surface area contributed by atoms with E-state index in [0.717, 1.165) is 71.9 Å². The van der Waals surface area contributed by atoms with Crippen LogP contribution < -0.4 is 0 Å². The highest BCUT2D eigenvalue weighted by Gasteiger charge is 2.22. The van der Waals surface area contributed by atoms with E-state index in [1.54, 1.807) is 0 Å². The molecular formula is C48H32N2O. The van der Waals surface area contributed by atoms with Gasteiger partial charge in [-0.15, -0.1) is 0 Å². The predicted molar refractivity (Wildman–Crippen MR) is 211 cm³/mol. The molecule has 0 spiro atoms. The summed E-state index contributed by atoms with van der Waals surface area (Å²) in [6.07, 6.45) is 15.8. The summed E-state index contributed by atoms with van der Waals surface area (Å²) in [4.78, 5) is 10.3. The number of allylic oxidation sites excluding steroid dienone is 8. The van der Waals surface area contributed by atoms with E-state index in [1.807, 2.05) is 24.3 Å². The highest BCUT2D eigenvalue weighted by molar-refractivity contribution is 6.21. The summed E-state index contributed by atoms with van der Waals surface area (Å²) >= 11 is 0. The molecule has 0 fully saturated rings. The predicted octanol–water partition coefficient (Wildman–Crippen LogP) is 12.5. The van der Waals surface area contributed by atoms with Gasteiger partial charge in [0, 0.05) is 50.2 Å². The molecule has 0 radical (unpaired) electrons. The second-order valence-electron chi connectivity index (χ2n) is 13.3. The van der Waals surface area contributed by atoms with E-state index in [4.69, 9.17) is 14.4 Å². The summed E-state index contributed by atoms with van der Waals surface area (Å²) in [6, 6.07) is 48.8. The molecule has 0 bridgehead atoms. The van der Waals surface area contributed by atoms with Gasteiger partial charge in [0.25, 0.3) is 0 Å². The molecule has 6 aromatic carbocycles. The van der Waals surface area contributed by atoms with E-state index in [9.17, 15) is 0 Å². The topological polar surface area (TPSA) is 38.9 Å². The quantitative estimate of drug-likeness (QED) is 0.186. The maximum Gasteiger partial charge on any atom is 0.160 e. The van der Waals surface area contributed by atoms with E-state index in [-0.39, 0.29) is 0 Å². The van der Waals surface area contributed by atoms with Crippen LogP contribution in [0.25, 0.3) is 83.3 Å². The van der Waals surface area contributed by atoms with Crippen molar-refractivity contribution in [3.05, 3.63) is 188 Å². The largest absolute Gasteiger partial charge is 0.455 e. The molecule has 2 unspecified atom stereocenters. The van der Waals surface area contributed by atoms with Crippen molar-refractivity contribution in [2.45, 2.75) is 0 Å². The third-order valence-corrected chi connectivity index (χ3v) is 10.2. The molecule has 0 aliphatic heterocycles. The summed E-state index contributed by atoms with van der Waals surface area (Å²) in [5.41, 5.74) is 11.1. The van der Waals surface area contributed by atoms with Crippen LogP contribution in [0.3, 0.4) is 0 Å². The Morgan fingerprint density at radius 3 is 1.98 bits per heavy atom. The van der Waals surface area contributed by atoms with Crippen LogP contribution in [0.5, 0.6) is 0 Å². The van der Waals surface area contributed by atoms with Gasteiger partial charge < -0.3 is 4.42 Å². The maximum absolute atomic E-state index is 6.97. The first-order chi connectivity index (χ1) is 25.3. The SMILES string of the molecule is C1=CC2C=CC(c3ccc(-c4ccc(-c5cc(-c6ccccc6)nc(-c6ccccc6)n5)c5c4oc4c6ccccc6ccc45)cc3)=CC2C=C1. The maximum atomic E-state index is 6.97. The van der Waals surface area contributed by atoms with Gasteiger partial charge in [0.05, 0.1) is 11.4 Å². The van der Waals surface area contributed by atoms with E-state index < -0.39 is 0 Å². The van der Waals surface area contributed by atoms with Crippen LogP contribution >= 0.6 is 0 Å². The van der Waals surface area contributed by atoms with Crippen LogP contribution in [-0.2, 0) is 0 Å². The highest BCUT2D eigenvalue weighted by Crippen LogP contribution is 2.44. The Morgan fingerprint density at radius 1 is 0.471 bits per heavy atom. The minimum absolute atomic E-state index is 0.402. The van der Waals surface area contributed by atoms with Crippen LogP contribution in [0.15, 0.2) is 186 Å². The minimum Gasteiger partial charge on any atom is -0.455 e. The average molecular weight is 653 g/mol. The summed E-state index contributed by atoms with van der Waals surface area (Å²) in [5, 5.41) is 4.36. The van der Waals surface area contributed by atoms with E-state index in [2.05, 4.69) is 158 Å². The third kappa shape index (κ3) is 5.14. The number of nitrogens with zero attached hydrogens (tertiary/aromatic N) is 2. The first-order valence-corrected chi connectivity index (χ1v) is 17.5. The van der Waals surface area contributed by atoms with Crippen molar-refractivity contribution in [1.82, 2.24) is 9.97 Å². The molecule has 51 heavy (non-hydrogen) atoms. The Kier molecular flexibility index (Phi) is 6.95. The molecule has 2 aliphatic rings. The Labute approximate surface area is 296 Å². The van der Waals surface area contributed by atoms with Crippen molar-refractivity contribution >= 4 is 38.3 Å². The fraction of sp³-hybridized carbons (Fsp3) is 0.0417. The van der Waals surface area contributed by atoms with Crippen molar-refractivity contribution in [2.24, 2.45) is 11.8 Å². The van der Waals surface area contributed by atoms with Gasteiger partial charge in [0.15, 0.2) is 5.82 Å². The lowest BCUT2D eigenvalue weighted by Crippen LogP contribution is -2.11. The molecule has 0 saturated carbocycles. The normalized spacial score (nSPS) is 16.5. The number of hydrogen-bond acceptors (Lipinski definition) is 3. The highest BCUT2D eigenvalue weighted by atomic mass is 16.3. The number of aromatic nitrogens is 2. The molecule has 2 aromatic heterocycles. The number of furan rings is 1. The molecular weight excluding hydrogens is 621 g/mol. The van der Waals surface area contributed by atoms with E-state index in [0.29, 0.717) is 17.7 Å². The summed E-state index contributed by atoms with van der Waals surface area (Å²) in [7, 11) is 0. The lowest BCUT2D eigenvalue weighted by molar-refractivity contribution is 0.663. The van der Waals surface area contributed by atoms with Crippen LogP contribution in [-0.4, -0.2) is 9.97 Å². The standard InChI is InChI=1S/C48H32N2O/c1-3-13-35(14-4-1)43-30-44(50-48(49-43)36-15-5-2-6-16-36)41-28-27-40(47-45(41)42-26-25-33-12-9-10-18-39(33)46(42)51-47)34-22-19-32(20-23-34)38-24-21-31-11-7-8-17-37(31)29-38/h1-31,37H. The van der Waals surface area contributed by atoms with Crippen molar-refractivity contribution in [2.75, 3.05) is 0 Å². The lowest BCUT2D eigenvalue weighted by atomic mass is 9.81. The minimum atomic E-state index is 0.402. The second kappa shape index (κ2) is 12.1. The Hall–Kier alpha value is -6.58. The lowest BCUT2D eigenvalue weighted by Gasteiger charge is -2.23. The van der Waals surface area contributed by atoms with Gasteiger partial charge in [0.1, 0.15) is 11.2 Å². The third-order valence-electron chi connectivity index (χ3n) is 10.2. The molecule has 2 heterocycles. The van der Waals surface area contributed by atoms with Crippen LogP contribution in [0, 0.1) is 11.8 Å². The molecule has 3 heteroatoms. The monoisotopic (exact) mass is 652 g/mol. The first-order valence-electron chi connectivity index (χ1n) is 17.5. The number of fused-ring (bicyclic) bond motifs is 6. The number of benzene rings is 6. The van der Waals surface area contributed by atoms with Crippen LogP contribution in [0.1, 0.15) is 5.56 Å². The Morgan fingerprint density at radius 2 is 1.16 bits per heavy atom. The molecule has 2 atom stereocenters. The Bertz CT molecular complexity index is 2670.